The molecule has 0 aliphatic carbocycles. The summed E-state index contributed by atoms with van der Waals surface area (Å²) in [6.45, 7) is 0. The van der Waals surface area contributed by atoms with Crippen LogP contribution in [0.2, 0.25) is 0 Å². The van der Waals surface area contributed by atoms with E-state index in [2.05, 4.69) is 5.10 Å². The van der Waals surface area contributed by atoms with E-state index in [4.69, 9.17) is 0 Å². The second-order valence-electron chi connectivity index (χ2n) is 2.51. The molecule has 0 spiro atoms. The van der Waals surface area contributed by atoms with Crippen LogP contribution in [0.1, 0.15) is 0 Å². The van der Waals surface area contributed by atoms with Crippen LogP contribution in [0.5, 0.6) is 0 Å². The van der Waals surface area contributed by atoms with Crippen LogP contribution < -0.4 is 0 Å². The van der Waals surface area contributed by atoms with Crippen LogP contribution in [0, 0.1) is 5.82 Å². The van der Waals surface area contributed by atoms with Gasteiger partial charge in [0.25, 0.3) is 0 Å². The van der Waals surface area contributed by atoms with Gasteiger partial charge in [0, 0.05) is 18.6 Å². The molecule has 0 bridgehead atoms. The Bertz CT molecular complexity index is 392. The third-order valence-electron chi connectivity index (χ3n) is 1.58. The molecule has 0 aliphatic rings. The molecular weight excluding hydrogens is 143 g/mol. The van der Waals surface area contributed by atoms with E-state index in [-0.39, 0.29) is 5.82 Å². The van der Waals surface area contributed by atoms with Crippen LogP contribution in [-0.2, 0) is 7.05 Å². The zero-order valence-corrected chi connectivity index (χ0v) is 6.08. The minimum absolute atomic E-state index is 0.217. The molecule has 0 unspecified atom stereocenters. The number of nitrogens with zero attached hydrogens (tertiary/aromatic N) is 2. The predicted octanol–water partition coefficient (Wildman–Crippen LogP) is 1.71. The molecule has 0 saturated heterocycles. The third kappa shape index (κ3) is 0.981. The molecule has 0 radical (unpaired) electrons. The normalized spacial score (nSPS) is 10.7. The van der Waals surface area contributed by atoms with Gasteiger partial charge in [0.1, 0.15) is 5.82 Å². The summed E-state index contributed by atoms with van der Waals surface area (Å²) in [6, 6.07) is 4.56. The Balaban J connectivity index is 2.82. The third-order valence-corrected chi connectivity index (χ3v) is 1.58. The SMILES string of the molecule is Cn1cc2cc(F)ccc2n1. The predicted molar refractivity (Wildman–Crippen MR) is 40.7 cm³/mol. The summed E-state index contributed by atoms with van der Waals surface area (Å²) in [5, 5.41) is 4.94. The summed E-state index contributed by atoms with van der Waals surface area (Å²) < 4.78 is 14.3. The first-order valence-electron chi connectivity index (χ1n) is 3.34. The number of aryl methyl sites for hydroxylation is 1. The zero-order chi connectivity index (χ0) is 7.84. The average Bonchev–Trinajstić information content (AvgIpc) is 2.27. The Hall–Kier alpha value is -1.38. The van der Waals surface area contributed by atoms with Crippen molar-refractivity contribution in [3.8, 4) is 0 Å². The van der Waals surface area contributed by atoms with Gasteiger partial charge in [-0.3, -0.25) is 4.68 Å². The monoisotopic (exact) mass is 150 g/mol. The fraction of sp³-hybridized carbons (Fsp3) is 0.125. The summed E-state index contributed by atoms with van der Waals surface area (Å²) in [7, 11) is 1.82. The van der Waals surface area contributed by atoms with Gasteiger partial charge in [0.15, 0.2) is 0 Å². The van der Waals surface area contributed by atoms with Crippen LogP contribution >= 0.6 is 0 Å². The summed E-state index contributed by atoms with van der Waals surface area (Å²) >= 11 is 0. The Morgan fingerprint density at radius 3 is 3.09 bits per heavy atom. The van der Waals surface area contributed by atoms with Gasteiger partial charge < -0.3 is 0 Å². The summed E-state index contributed by atoms with van der Waals surface area (Å²) in [4.78, 5) is 0. The summed E-state index contributed by atoms with van der Waals surface area (Å²) in [6.07, 6.45) is 1.79. The molecule has 0 atom stereocenters. The number of fused-ring (bicyclic) bond motifs is 1. The first-order valence-corrected chi connectivity index (χ1v) is 3.34. The molecule has 2 aromatic rings. The number of rotatable bonds is 0. The minimum Gasteiger partial charge on any atom is -0.275 e. The molecule has 0 amide bonds. The van der Waals surface area contributed by atoms with E-state index in [1.54, 1.807) is 16.9 Å². The Morgan fingerprint density at radius 2 is 2.27 bits per heavy atom. The molecule has 56 valence electrons. The maximum Gasteiger partial charge on any atom is 0.124 e. The van der Waals surface area contributed by atoms with Crippen molar-refractivity contribution in [2.24, 2.45) is 7.05 Å². The van der Waals surface area contributed by atoms with Crippen molar-refractivity contribution >= 4 is 10.9 Å². The molecule has 11 heavy (non-hydrogen) atoms. The smallest absolute Gasteiger partial charge is 0.124 e. The van der Waals surface area contributed by atoms with Crippen molar-refractivity contribution in [2.75, 3.05) is 0 Å². The Kier molecular flexibility index (Phi) is 1.18. The van der Waals surface area contributed by atoms with Crippen molar-refractivity contribution in [3.63, 3.8) is 0 Å². The van der Waals surface area contributed by atoms with Crippen LogP contribution in [0.25, 0.3) is 10.9 Å². The molecular formula is C8H7FN2. The van der Waals surface area contributed by atoms with Crippen molar-refractivity contribution in [1.29, 1.82) is 0 Å². The minimum atomic E-state index is -0.217. The topological polar surface area (TPSA) is 17.8 Å². The van der Waals surface area contributed by atoms with E-state index < -0.39 is 0 Å². The first-order chi connectivity index (χ1) is 5.25. The van der Waals surface area contributed by atoms with Gasteiger partial charge in [-0.2, -0.15) is 5.10 Å². The second-order valence-corrected chi connectivity index (χ2v) is 2.51. The van der Waals surface area contributed by atoms with Gasteiger partial charge >= 0.3 is 0 Å². The van der Waals surface area contributed by atoms with Gasteiger partial charge in [-0.05, 0) is 18.2 Å². The average molecular weight is 150 g/mol. The standard InChI is InChI=1S/C8H7FN2/c1-11-5-6-4-7(9)2-3-8(6)10-11/h2-5H,1H3. The van der Waals surface area contributed by atoms with Crippen molar-refractivity contribution in [2.45, 2.75) is 0 Å². The molecule has 3 heteroatoms. The molecule has 2 nitrogen and oxygen atoms in total. The summed E-state index contributed by atoms with van der Waals surface area (Å²) in [5.41, 5.74) is 0.828. The molecule has 1 aromatic heterocycles. The highest BCUT2D eigenvalue weighted by atomic mass is 19.1. The molecule has 0 fully saturated rings. The number of hydrogen-bond donors (Lipinski definition) is 0. The van der Waals surface area contributed by atoms with Crippen molar-refractivity contribution < 1.29 is 4.39 Å². The largest absolute Gasteiger partial charge is 0.275 e. The van der Waals surface area contributed by atoms with E-state index in [1.165, 1.54) is 12.1 Å². The zero-order valence-electron chi connectivity index (χ0n) is 6.08. The second kappa shape index (κ2) is 2.05. The highest BCUT2D eigenvalue weighted by molar-refractivity contribution is 5.77. The van der Waals surface area contributed by atoms with E-state index >= 15 is 0 Å². The number of benzene rings is 1. The number of aromatic nitrogens is 2. The molecule has 2 rings (SSSR count). The Morgan fingerprint density at radius 1 is 1.45 bits per heavy atom. The van der Waals surface area contributed by atoms with Crippen molar-refractivity contribution in [3.05, 3.63) is 30.2 Å². The highest BCUT2D eigenvalue weighted by Crippen LogP contribution is 2.12. The van der Waals surface area contributed by atoms with Gasteiger partial charge in [0.2, 0.25) is 0 Å². The van der Waals surface area contributed by atoms with Crippen LogP contribution in [0.15, 0.2) is 24.4 Å². The van der Waals surface area contributed by atoms with Crippen LogP contribution in [0.3, 0.4) is 0 Å². The number of halogens is 1. The fourth-order valence-corrected chi connectivity index (χ4v) is 1.12. The lowest BCUT2D eigenvalue weighted by Crippen LogP contribution is -1.84. The molecule has 0 saturated carbocycles. The van der Waals surface area contributed by atoms with Gasteiger partial charge in [0.05, 0.1) is 5.52 Å². The van der Waals surface area contributed by atoms with E-state index in [0.29, 0.717) is 0 Å². The molecule has 1 aromatic carbocycles. The lowest BCUT2D eigenvalue weighted by molar-refractivity contribution is 0.630. The van der Waals surface area contributed by atoms with Gasteiger partial charge in [-0.15, -0.1) is 0 Å². The lowest BCUT2D eigenvalue weighted by Gasteiger charge is -1.85. The molecule has 1 heterocycles. The molecule has 0 aliphatic heterocycles. The maximum atomic E-state index is 12.6. The number of hydrogen-bond acceptors (Lipinski definition) is 1. The summed E-state index contributed by atoms with van der Waals surface area (Å²) in [5.74, 6) is -0.217. The fourth-order valence-electron chi connectivity index (χ4n) is 1.12. The van der Waals surface area contributed by atoms with Crippen molar-refractivity contribution in [1.82, 2.24) is 9.78 Å². The Labute approximate surface area is 63.3 Å². The van der Waals surface area contributed by atoms with Gasteiger partial charge in [-0.25, -0.2) is 4.39 Å². The molecule has 0 N–H and O–H groups in total. The first kappa shape index (κ1) is 6.34. The van der Waals surface area contributed by atoms with E-state index in [1.807, 2.05) is 7.05 Å². The van der Waals surface area contributed by atoms with Gasteiger partial charge in [-0.1, -0.05) is 0 Å². The quantitative estimate of drug-likeness (QED) is 0.559. The van der Waals surface area contributed by atoms with Crippen LogP contribution in [0.4, 0.5) is 4.39 Å². The van der Waals surface area contributed by atoms with E-state index in [0.717, 1.165) is 10.9 Å². The van der Waals surface area contributed by atoms with Crippen LogP contribution in [-0.4, -0.2) is 9.78 Å². The maximum absolute atomic E-state index is 12.6. The highest BCUT2D eigenvalue weighted by Gasteiger charge is 1.97. The lowest BCUT2D eigenvalue weighted by atomic mass is 10.2. The van der Waals surface area contributed by atoms with E-state index in [9.17, 15) is 4.39 Å².